The number of methoxy groups -OCH3 is 1. The molecule has 1 aromatic carbocycles. The number of aromatic hydroxyl groups is 1. The number of hydrogen-bond donors (Lipinski definition) is 1. The van der Waals surface area contributed by atoms with Crippen LogP contribution in [0.25, 0.3) is 0 Å². The van der Waals surface area contributed by atoms with Crippen molar-refractivity contribution in [1.29, 1.82) is 0 Å². The van der Waals surface area contributed by atoms with E-state index >= 15 is 0 Å². The Hall–Kier alpha value is -2.40. The molecule has 4 aliphatic heterocycles. The molecule has 1 N–H and O–H groups in total. The fraction of sp³-hybridized carbons (Fsp3) is 0.714. The summed E-state index contributed by atoms with van der Waals surface area (Å²) in [6.45, 7) is 6.23. The standard InChI is InChI=1S/C28H38O10/c1-16-5-7-20-17(2)25(35-26-28(20)19(16)11-13-27(3,36-26)37-38-28)34-24(31)10-9-23(30)33-14-12-18-6-8-22(32-4)21(29)15-18/h6,8,15-17,19-20,25-26,29H,5,7,9-14H2,1-4H3/t16-,17-,19+,20+,25-,26-,27+,28?/m1/s1. The number of fused-ring (bicyclic) bond motifs is 2. The Morgan fingerprint density at radius 2 is 1.87 bits per heavy atom. The molecular formula is C28H38O10. The SMILES string of the molecule is COc1ccc(CCOC(=O)CCC(=O)O[C@@H]2O[C@@H]3O[C@]4(C)CC[C@H]5[C@H](C)CC[C@@H]([C@H]2C)C35OO4)cc1O. The molecule has 10 nitrogen and oxygen atoms in total. The topological polar surface area (TPSA) is 119 Å². The van der Waals surface area contributed by atoms with E-state index < -0.39 is 35.9 Å². The van der Waals surface area contributed by atoms with Gasteiger partial charge >= 0.3 is 11.9 Å². The predicted molar refractivity (Wildman–Crippen MR) is 131 cm³/mol. The molecule has 1 aromatic rings. The van der Waals surface area contributed by atoms with Crippen molar-refractivity contribution in [2.24, 2.45) is 23.7 Å². The van der Waals surface area contributed by atoms with Crippen LogP contribution < -0.4 is 4.74 Å². The highest BCUT2D eigenvalue weighted by molar-refractivity contribution is 5.77. The van der Waals surface area contributed by atoms with Crippen molar-refractivity contribution in [2.75, 3.05) is 13.7 Å². The zero-order valence-electron chi connectivity index (χ0n) is 22.5. The van der Waals surface area contributed by atoms with Gasteiger partial charge in [-0.15, -0.1) is 0 Å². The third-order valence-electron chi connectivity index (χ3n) is 8.78. The van der Waals surface area contributed by atoms with Gasteiger partial charge in [0.2, 0.25) is 12.1 Å². The van der Waals surface area contributed by atoms with Crippen LogP contribution in [0, 0.1) is 23.7 Å². The monoisotopic (exact) mass is 534 g/mol. The summed E-state index contributed by atoms with van der Waals surface area (Å²) in [5.41, 5.74) is 0.0780. The van der Waals surface area contributed by atoms with Crippen LogP contribution in [0.5, 0.6) is 11.5 Å². The second-order valence-electron chi connectivity index (χ2n) is 11.2. The molecule has 4 heterocycles. The summed E-state index contributed by atoms with van der Waals surface area (Å²) < 4.78 is 28.5. The molecule has 0 radical (unpaired) electrons. The largest absolute Gasteiger partial charge is 0.504 e. The van der Waals surface area contributed by atoms with E-state index in [0.29, 0.717) is 24.5 Å². The minimum atomic E-state index is -0.902. The Morgan fingerprint density at radius 1 is 1.08 bits per heavy atom. The van der Waals surface area contributed by atoms with E-state index in [-0.39, 0.29) is 43.0 Å². The first-order chi connectivity index (χ1) is 18.1. The second-order valence-corrected chi connectivity index (χ2v) is 11.2. The van der Waals surface area contributed by atoms with E-state index in [1.165, 1.54) is 7.11 Å². The van der Waals surface area contributed by atoms with Gasteiger partial charge < -0.3 is 28.8 Å². The first-order valence-electron chi connectivity index (χ1n) is 13.6. The third kappa shape index (κ3) is 4.99. The average molecular weight is 535 g/mol. The number of hydrogen-bond acceptors (Lipinski definition) is 10. The van der Waals surface area contributed by atoms with Gasteiger partial charge in [0.05, 0.1) is 26.6 Å². The number of phenolic OH excluding ortho intramolecular Hbond substituents is 1. The van der Waals surface area contributed by atoms with Gasteiger partial charge in [-0.05, 0) is 55.7 Å². The van der Waals surface area contributed by atoms with Gasteiger partial charge in [0.25, 0.3) is 0 Å². The Balaban J connectivity index is 1.13. The van der Waals surface area contributed by atoms with E-state index in [4.69, 9.17) is 33.5 Å². The first kappa shape index (κ1) is 27.2. The van der Waals surface area contributed by atoms with Crippen molar-refractivity contribution in [3.63, 3.8) is 0 Å². The van der Waals surface area contributed by atoms with Gasteiger partial charge in [0, 0.05) is 24.7 Å². The van der Waals surface area contributed by atoms with Gasteiger partial charge in [-0.25, -0.2) is 9.78 Å². The lowest BCUT2D eigenvalue weighted by Crippen LogP contribution is -2.70. The minimum Gasteiger partial charge on any atom is -0.504 e. The average Bonchev–Trinajstić information content (AvgIpc) is 3.12. The summed E-state index contributed by atoms with van der Waals surface area (Å²) in [6.07, 6.45) is 2.29. The third-order valence-corrected chi connectivity index (χ3v) is 8.78. The number of esters is 2. The summed E-state index contributed by atoms with van der Waals surface area (Å²) >= 11 is 0. The van der Waals surface area contributed by atoms with Crippen LogP contribution in [0.4, 0.5) is 0 Å². The van der Waals surface area contributed by atoms with E-state index in [2.05, 4.69) is 6.92 Å². The molecule has 1 aliphatic carbocycles. The lowest BCUT2D eigenvalue weighted by atomic mass is 9.58. The molecule has 0 aromatic heterocycles. The Morgan fingerprint density at radius 3 is 2.63 bits per heavy atom. The quantitative estimate of drug-likeness (QED) is 0.387. The molecule has 6 rings (SSSR count). The van der Waals surface area contributed by atoms with Crippen LogP contribution in [-0.2, 0) is 44.7 Å². The number of rotatable bonds is 8. The molecule has 38 heavy (non-hydrogen) atoms. The predicted octanol–water partition coefficient (Wildman–Crippen LogP) is 4.02. The van der Waals surface area contributed by atoms with Gasteiger partial charge in [0.15, 0.2) is 23.4 Å². The zero-order chi connectivity index (χ0) is 27.1. The van der Waals surface area contributed by atoms with Crippen LogP contribution >= 0.6 is 0 Å². The second kappa shape index (κ2) is 10.6. The molecule has 210 valence electrons. The summed E-state index contributed by atoms with van der Waals surface area (Å²) in [7, 11) is 1.48. The van der Waals surface area contributed by atoms with Crippen molar-refractivity contribution >= 4 is 11.9 Å². The van der Waals surface area contributed by atoms with E-state index in [9.17, 15) is 14.7 Å². The van der Waals surface area contributed by atoms with Gasteiger partial charge in [0.1, 0.15) is 0 Å². The molecule has 0 amide bonds. The van der Waals surface area contributed by atoms with Gasteiger partial charge in [-0.2, -0.15) is 0 Å². The normalized spacial score (nSPS) is 37.6. The van der Waals surface area contributed by atoms with Crippen LogP contribution in [0.2, 0.25) is 0 Å². The molecule has 2 bridgehead atoms. The van der Waals surface area contributed by atoms with Crippen molar-refractivity contribution in [3.8, 4) is 11.5 Å². The summed E-state index contributed by atoms with van der Waals surface area (Å²) in [5, 5.41) is 9.86. The number of benzene rings is 1. The van der Waals surface area contributed by atoms with Crippen LogP contribution in [0.1, 0.15) is 64.9 Å². The molecule has 1 spiro atoms. The van der Waals surface area contributed by atoms with Crippen LogP contribution in [0.15, 0.2) is 18.2 Å². The van der Waals surface area contributed by atoms with Gasteiger partial charge in [-0.3, -0.25) is 9.59 Å². The molecule has 5 aliphatic rings. The molecular weight excluding hydrogens is 496 g/mol. The Labute approximate surface area is 222 Å². The number of ether oxygens (including phenoxy) is 5. The molecule has 1 saturated carbocycles. The van der Waals surface area contributed by atoms with E-state index in [1.807, 2.05) is 13.8 Å². The maximum Gasteiger partial charge on any atom is 0.308 e. The van der Waals surface area contributed by atoms with E-state index in [0.717, 1.165) is 24.8 Å². The fourth-order valence-electron chi connectivity index (χ4n) is 6.65. The maximum absolute atomic E-state index is 12.7. The fourth-order valence-corrected chi connectivity index (χ4v) is 6.65. The van der Waals surface area contributed by atoms with Crippen molar-refractivity contribution < 1.29 is 48.2 Å². The summed E-state index contributed by atoms with van der Waals surface area (Å²) in [6, 6.07) is 5.00. The highest BCUT2D eigenvalue weighted by Gasteiger charge is 2.69. The van der Waals surface area contributed by atoms with Gasteiger partial charge in [-0.1, -0.05) is 19.9 Å². The van der Waals surface area contributed by atoms with Crippen LogP contribution in [0.3, 0.4) is 0 Å². The lowest BCUT2D eigenvalue weighted by molar-refractivity contribution is -0.576. The minimum absolute atomic E-state index is 0.0256. The highest BCUT2D eigenvalue weighted by atomic mass is 17.3. The number of carbonyl (C=O) groups excluding carboxylic acids is 2. The van der Waals surface area contributed by atoms with Crippen LogP contribution in [-0.4, -0.2) is 54.7 Å². The van der Waals surface area contributed by atoms with Crippen molar-refractivity contribution in [3.05, 3.63) is 23.8 Å². The molecule has 8 atom stereocenters. The summed E-state index contributed by atoms with van der Waals surface area (Å²) in [5.74, 6) is -0.941. The molecule has 10 heteroatoms. The first-order valence-corrected chi connectivity index (χ1v) is 13.6. The lowest BCUT2D eigenvalue weighted by Gasteiger charge is -2.59. The summed E-state index contributed by atoms with van der Waals surface area (Å²) in [4.78, 5) is 36.8. The maximum atomic E-state index is 12.7. The highest BCUT2D eigenvalue weighted by Crippen LogP contribution is 2.60. The smallest absolute Gasteiger partial charge is 0.308 e. The Kier molecular flexibility index (Phi) is 7.61. The van der Waals surface area contributed by atoms with E-state index in [1.54, 1.807) is 18.2 Å². The van der Waals surface area contributed by atoms with Crippen molar-refractivity contribution in [1.82, 2.24) is 0 Å². The molecule has 1 unspecified atom stereocenters. The number of carbonyl (C=O) groups is 2. The Bertz CT molecular complexity index is 1040. The number of phenols is 1. The van der Waals surface area contributed by atoms with Crippen molar-refractivity contribution in [2.45, 2.75) is 89.7 Å². The zero-order valence-corrected chi connectivity index (χ0v) is 22.5. The molecule has 4 saturated heterocycles. The molecule has 5 fully saturated rings.